The van der Waals surface area contributed by atoms with Crippen LogP contribution < -0.4 is 5.32 Å². The number of likely N-dealkylation sites (N-methyl/N-ethyl adjacent to an activating group) is 1. The second-order valence-electron chi connectivity index (χ2n) is 5.55. The average molecular weight is 408 g/mol. The summed E-state index contributed by atoms with van der Waals surface area (Å²) in [4.78, 5) is 35.5. The zero-order valence-corrected chi connectivity index (χ0v) is 15.7. The Bertz CT molecular complexity index is 898. The quantitative estimate of drug-likeness (QED) is 0.444. The van der Waals surface area contributed by atoms with Crippen molar-refractivity contribution in [3.63, 3.8) is 0 Å². The van der Waals surface area contributed by atoms with E-state index in [1.807, 2.05) is 0 Å². The predicted octanol–water partition coefficient (Wildman–Crippen LogP) is 4.01. The summed E-state index contributed by atoms with van der Waals surface area (Å²) >= 11 is 11.7. The zero-order valence-electron chi connectivity index (χ0n) is 14.2. The minimum absolute atomic E-state index is 0.0328. The normalized spacial score (nSPS) is 10.6. The van der Waals surface area contributed by atoms with Crippen molar-refractivity contribution in [2.45, 2.75) is 0 Å². The van der Waals surface area contributed by atoms with Crippen molar-refractivity contribution in [3.05, 3.63) is 74.3 Å². The van der Waals surface area contributed by atoms with E-state index in [1.54, 1.807) is 12.1 Å². The summed E-state index contributed by atoms with van der Waals surface area (Å²) in [6.07, 6.45) is 2.80. The van der Waals surface area contributed by atoms with Gasteiger partial charge in [0, 0.05) is 30.9 Å². The van der Waals surface area contributed by atoms with Crippen LogP contribution in [0.1, 0.15) is 5.56 Å². The Morgan fingerprint density at radius 2 is 1.81 bits per heavy atom. The minimum Gasteiger partial charge on any atom is -0.333 e. The molecule has 0 atom stereocenters. The molecular weight excluding hydrogens is 393 g/mol. The third-order valence-electron chi connectivity index (χ3n) is 3.48. The molecule has 0 aliphatic heterocycles. The third kappa shape index (κ3) is 6.09. The summed E-state index contributed by atoms with van der Waals surface area (Å²) in [6.45, 7) is -0.163. The fourth-order valence-electron chi connectivity index (χ4n) is 2.07. The molecule has 1 N–H and O–H groups in total. The van der Waals surface area contributed by atoms with Gasteiger partial charge in [-0.1, -0.05) is 23.2 Å². The number of anilines is 1. The SMILES string of the molecule is CN(CC(=O)Nc1ccc(Cl)c(Cl)c1)C(=O)/C=C/c1ccc([N+](=O)[O-])cc1. The van der Waals surface area contributed by atoms with Crippen LogP contribution in [0.15, 0.2) is 48.5 Å². The smallest absolute Gasteiger partial charge is 0.269 e. The number of non-ortho nitro benzene ring substituents is 1. The van der Waals surface area contributed by atoms with Gasteiger partial charge in [0.05, 0.1) is 21.5 Å². The molecule has 2 aromatic carbocycles. The highest BCUT2D eigenvalue weighted by atomic mass is 35.5. The van der Waals surface area contributed by atoms with Crippen molar-refractivity contribution in [2.24, 2.45) is 0 Å². The molecule has 0 aliphatic rings. The van der Waals surface area contributed by atoms with E-state index in [4.69, 9.17) is 23.2 Å². The number of carbonyl (C=O) groups excluding carboxylic acids is 2. The summed E-state index contributed by atoms with van der Waals surface area (Å²) in [5.41, 5.74) is 1.06. The highest BCUT2D eigenvalue weighted by Gasteiger charge is 2.11. The van der Waals surface area contributed by atoms with Gasteiger partial charge in [0.2, 0.25) is 11.8 Å². The van der Waals surface area contributed by atoms with Crippen molar-refractivity contribution in [3.8, 4) is 0 Å². The number of nitrogens with one attached hydrogen (secondary N) is 1. The highest BCUT2D eigenvalue weighted by molar-refractivity contribution is 6.42. The van der Waals surface area contributed by atoms with Crippen LogP contribution in [-0.2, 0) is 9.59 Å². The first-order valence-corrected chi connectivity index (χ1v) is 8.44. The van der Waals surface area contributed by atoms with E-state index in [0.717, 1.165) is 0 Å². The molecule has 0 radical (unpaired) electrons. The van der Waals surface area contributed by atoms with E-state index >= 15 is 0 Å². The van der Waals surface area contributed by atoms with Gasteiger partial charge in [-0.2, -0.15) is 0 Å². The molecule has 0 aliphatic carbocycles. The van der Waals surface area contributed by atoms with Gasteiger partial charge < -0.3 is 10.2 Å². The first-order chi connectivity index (χ1) is 12.8. The molecule has 0 aromatic heterocycles. The molecular formula is C18H15Cl2N3O4. The van der Waals surface area contributed by atoms with Crippen LogP contribution in [-0.4, -0.2) is 35.2 Å². The fourth-order valence-corrected chi connectivity index (χ4v) is 2.37. The topological polar surface area (TPSA) is 92.6 Å². The molecule has 0 fully saturated rings. The Hall–Kier alpha value is -2.90. The maximum absolute atomic E-state index is 12.1. The van der Waals surface area contributed by atoms with Gasteiger partial charge in [-0.25, -0.2) is 0 Å². The minimum atomic E-state index is -0.501. The summed E-state index contributed by atoms with van der Waals surface area (Å²) in [5, 5.41) is 13.9. The number of benzene rings is 2. The Balaban J connectivity index is 1.91. The summed E-state index contributed by atoms with van der Waals surface area (Å²) in [6, 6.07) is 10.4. The number of halogens is 2. The number of amides is 2. The van der Waals surface area contributed by atoms with Crippen LogP contribution >= 0.6 is 23.2 Å². The molecule has 0 unspecified atom stereocenters. The number of nitrogens with zero attached hydrogens (tertiary/aromatic N) is 2. The number of nitro benzene ring substituents is 1. The number of rotatable bonds is 6. The fraction of sp³-hybridized carbons (Fsp3) is 0.111. The molecule has 0 heterocycles. The summed E-state index contributed by atoms with van der Waals surface area (Å²) < 4.78 is 0. The first kappa shape index (κ1) is 20.4. The van der Waals surface area contributed by atoms with E-state index in [-0.39, 0.29) is 12.2 Å². The largest absolute Gasteiger partial charge is 0.333 e. The van der Waals surface area contributed by atoms with E-state index in [0.29, 0.717) is 21.3 Å². The summed E-state index contributed by atoms with van der Waals surface area (Å²) in [7, 11) is 1.48. The molecule has 27 heavy (non-hydrogen) atoms. The molecule has 0 bridgehead atoms. The van der Waals surface area contributed by atoms with Gasteiger partial charge >= 0.3 is 0 Å². The van der Waals surface area contributed by atoms with Gasteiger partial charge in [-0.3, -0.25) is 19.7 Å². The third-order valence-corrected chi connectivity index (χ3v) is 4.22. The van der Waals surface area contributed by atoms with Crippen LogP contribution in [0.5, 0.6) is 0 Å². The lowest BCUT2D eigenvalue weighted by Crippen LogP contribution is -2.33. The predicted molar refractivity (Wildman–Crippen MR) is 105 cm³/mol. The molecule has 7 nitrogen and oxygen atoms in total. The molecule has 2 aromatic rings. The molecule has 0 saturated heterocycles. The molecule has 0 saturated carbocycles. The molecule has 2 rings (SSSR count). The van der Waals surface area contributed by atoms with Gasteiger partial charge in [-0.05, 0) is 42.0 Å². The van der Waals surface area contributed by atoms with Crippen molar-refractivity contribution in [2.75, 3.05) is 18.9 Å². The Morgan fingerprint density at radius 1 is 1.15 bits per heavy atom. The van der Waals surface area contributed by atoms with Crippen LogP contribution in [0, 0.1) is 10.1 Å². The van der Waals surface area contributed by atoms with Crippen molar-refractivity contribution < 1.29 is 14.5 Å². The van der Waals surface area contributed by atoms with Crippen molar-refractivity contribution in [1.29, 1.82) is 0 Å². The van der Waals surface area contributed by atoms with Gasteiger partial charge in [0.15, 0.2) is 0 Å². The lowest BCUT2D eigenvalue weighted by atomic mass is 10.2. The van der Waals surface area contributed by atoms with Gasteiger partial charge in [-0.15, -0.1) is 0 Å². The van der Waals surface area contributed by atoms with Crippen LogP contribution in [0.3, 0.4) is 0 Å². The second-order valence-corrected chi connectivity index (χ2v) is 6.37. The maximum Gasteiger partial charge on any atom is 0.269 e. The number of hydrogen-bond donors (Lipinski definition) is 1. The van der Waals surface area contributed by atoms with Gasteiger partial charge in [0.1, 0.15) is 0 Å². The molecule has 140 valence electrons. The van der Waals surface area contributed by atoms with E-state index < -0.39 is 16.7 Å². The van der Waals surface area contributed by atoms with Crippen LogP contribution in [0.4, 0.5) is 11.4 Å². The number of nitro groups is 1. The van der Waals surface area contributed by atoms with E-state index in [9.17, 15) is 19.7 Å². The molecule has 0 spiro atoms. The lowest BCUT2D eigenvalue weighted by molar-refractivity contribution is -0.384. The zero-order chi connectivity index (χ0) is 20.0. The van der Waals surface area contributed by atoms with Crippen molar-refractivity contribution in [1.82, 2.24) is 4.90 Å². The van der Waals surface area contributed by atoms with E-state index in [2.05, 4.69) is 5.32 Å². The standard InChI is InChI=1S/C18H15Cl2N3O4/c1-22(11-17(24)21-13-5-8-15(19)16(20)10-13)18(25)9-4-12-2-6-14(7-3-12)23(26)27/h2-10H,11H2,1H3,(H,21,24)/b9-4+. The summed E-state index contributed by atoms with van der Waals surface area (Å²) in [5.74, 6) is -0.786. The van der Waals surface area contributed by atoms with E-state index in [1.165, 1.54) is 54.4 Å². The highest BCUT2D eigenvalue weighted by Crippen LogP contribution is 2.24. The Morgan fingerprint density at radius 3 is 2.41 bits per heavy atom. The van der Waals surface area contributed by atoms with Crippen LogP contribution in [0.25, 0.3) is 6.08 Å². The average Bonchev–Trinajstić information content (AvgIpc) is 2.63. The van der Waals surface area contributed by atoms with Gasteiger partial charge in [0.25, 0.3) is 5.69 Å². The lowest BCUT2D eigenvalue weighted by Gasteiger charge is -2.15. The molecule has 9 heteroatoms. The number of carbonyl (C=O) groups is 2. The second kappa shape index (κ2) is 9.16. The number of hydrogen-bond acceptors (Lipinski definition) is 4. The first-order valence-electron chi connectivity index (χ1n) is 7.69. The monoisotopic (exact) mass is 407 g/mol. The van der Waals surface area contributed by atoms with Crippen molar-refractivity contribution >= 4 is 52.5 Å². The Labute approximate surface area is 165 Å². The molecule has 2 amide bonds. The van der Waals surface area contributed by atoms with Crippen LogP contribution in [0.2, 0.25) is 10.0 Å². The Kier molecular flexibility index (Phi) is 6.92. The maximum atomic E-state index is 12.1.